The Kier molecular flexibility index (Phi) is 30.9. The molecule has 0 saturated heterocycles. The molecule has 34 heavy (non-hydrogen) atoms. The maximum absolute atomic E-state index is 2.44. The first-order valence-corrected chi connectivity index (χ1v) is 16.1. The van der Waals surface area contributed by atoms with E-state index in [0.29, 0.717) is 0 Å². The van der Waals surface area contributed by atoms with Gasteiger partial charge in [0.15, 0.2) is 0 Å². The molecule has 0 rings (SSSR count). The van der Waals surface area contributed by atoms with E-state index in [1.54, 1.807) is 0 Å². The SMILES string of the molecule is CCCCCCCCCCCCCC[N+](CC)(CC)CCCCCCCCCCCCCC.[OH-]. The van der Waals surface area contributed by atoms with Crippen LogP contribution in [-0.4, -0.2) is 36.1 Å². The van der Waals surface area contributed by atoms with E-state index in [1.807, 2.05) is 0 Å². The van der Waals surface area contributed by atoms with E-state index >= 15 is 0 Å². The minimum atomic E-state index is 0. The number of quaternary nitrogens is 1. The van der Waals surface area contributed by atoms with Crippen LogP contribution in [0.5, 0.6) is 0 Å². The average molecular weight is 484 g/mol. The molecule has 0 fully saturated rings. The van der Waals surface area contributed by atoms with Crippen molar-refractivity contribution in [2.24, 2.45) is 0 Å². The van der Waals surface area contributed by atoms with Crippen LogP contribution in [0.3, 0.4) is 0 Å². The molecule has 0 spiro atoms. The largest absolute Gasteiger partial charge is 0.870 e. The molecule has 208 valence electrons. The van der Waals surface area contributed by atoms with Crippen molar-refractivity contribution in [3.05, 3.63) is 0 Å². The quantitative estimate of drug-likeness (QED) is 0.0803. The Hall–Kier alpha value is -0.0800. The number of rotatable bonds is 28. The van der Waals surface area contributed by atoms with Gasteiger partial charge in [-0.2, -0.15) is 0 Å². The summed E-state index contributed by atoms with van der Waals surface area (Å²) in [6.45, 7) is 15.0. The van der Waals surface area contributed by atoms with Crippen LogP contribution < -0.4 is 0 Å². The Labute approximate surface area is 218 Å². The van der Waals surface area contributed by atoms with Crippen LogP contribution in [-0.2, 0) is 0 Å². The maximum Gasteiger partial charge on any atom is 0.0786 e. The van der Waals surface area contributed by atoms with Crippen molar-refractivity contribution in [3.63, 3.8) is 0 Å². The fourth-order valence-corrected chi connectivity index (χ4v) is 5.54. The number of hydrogen-bond acceptors (Lipinski definition) is 1. The van der Waals surface area contributed by atoms with E-state index in [9.17, 15) is 0 Å². The van der Waals surface area contributed by atoms with Crippen molar-refractivity contribution in [1.29, 1.82) is 0 Å². The van der Waals surface area contributed by atoms with Crippen LogP contribution in [0.15, 0.2) is 0 Å². The maximum atomic E-state index is 2.44. The molecule has 0 aromatic rings. The van der Waals surface area contributed by atoms with Crippen molar-refractivity contribution in [1.82, 2.24) is 0 Å². The van der Waals surface area contributed by atoms with E-state index in [1.165, 1.54) is 185 Å². The highest BCUT2D eigenvalue weighted by Crippen LogP contribution is 2.17. The summed E-state index contributed by atoms with van der Waals surface area (Å²) < 4.78 is 1.38. The summed E-state index contributed by atoms with van der Waals surface area (Å²) in [7, 11) is 0. The zero-order valence-corrected chi connectivity index (χ0v) is 24.7. The molecule has 0 aliphatic carbocycles. The molecular weight excluding hydrogens is 414 g/mol. The molecule has 0 radical (unpaired) electrons. The molecule has 0 amide bonds. The van der Waals surface area contributed by atoms with E-state index < -0.39 is 0 Å². The smallest absolute Gasteiger partial charge is 0.0786 e. The van der Waals surface area contributed by atoms with E-state index in [-0.39, 0.29) is 5.48 Å². The molecule has 1 N–H and O–H groups in total. The second-order valence-corrected chi connectivity index (χ2v) is 11.2. The number of hydrogen-bond donors (Lipinski definition) is 0. The Morgan fingerprint density at radius 2 is 0.500 bits per heavy atom. The number of nitrogens with zero attached hydrogens (tertiary/aromatic N) is 1. The predicted octanol–water partition coefficient (Wildman–Crippen LogP) is 11.1. The van der Waals surface area contributed by atoms with Gasteiger partial charge in [-0.15, -0.1) is 0 Å². The molecule has 0 aliphatic rings. The molecule has 0 aliphatic heterocycles. The Morgan fingerprint density at radius 1 is 0.294 bits per heavy atom. The minimum Gasteiger partial charge on any atom is -0.870 e. The monoisotopic (exact) mass is 484 g/mol. The summed E-state index contributed by atoms with van der Waals surface area (Å²) in [5.74, 6) is 0. The van der Waals surface area contributed by atoms with Gasteiger partial charge >= 0.3 is 0 Å². The lowest BCUT2D eigenvalue weighted by molar-refractivity contribution is -0.925. The molecule has 2 nitrogen and oxygen atoms in total. The van der Waals surface area contributed by atoms with Crippen LogP contribution in [0.25, 0.3) is 0 Å². The Balaban J connectivity index is 0. The molecule has 0 unspecified atom stereocenters. The highest BCUT2D eigenvalue weighted by Gasteiger charge is 2.21. The lowest BCUT2D eigenvalue weighted by atomic mass is 10.0. The standard InChI is InChI=1S/C32H68N.H2O/c1-5-9-11-13-15-17-19-21-23-25-27-29-31-33(7-3,8-4)32-30-28-26-24-22-20-18-16-14-12-10-6-2;/h5-32H2,1-4H3;1H2/q+1;/p-1. The first-order valence-electron chi connectivity index (χ1n) is 16.1. The van der Waals surface area contributed by atoms with Gasteiger partial charge in [-0.05, 0) is 39.5 Å². The average Bonchev–Trinajstić information content (AvgIpc) is 2.84. The predicted molar refractivity (Wildman–Crippen MR) is 155 cm³/mol. The van der Waals surface area contributed by atoms with Gasteiger partial charge in [0.1, 0.15) is 0 Å². The van der Waals surface area contributed by atoms with Gasteiger partial charge in [-0.25, -0.2) is 0 Å². The summed E-state index contributed by atoms with van der Waals surface area (Å²) in [6.07, 6.45) is 35.1. The molecule has 0 aromatic heterocycles. The van der Waals surface area contributed by atoms with Gasteiger partial charge in [-0.3, -0.25) is 0 Å². The molecule has 2 heteroatoms. The van der Waals surface area contributed by atoms with Crippen molar-refractivity contribution in [2.75, 3.05) is 26.2 Å². The van der Waals surface area contributed by atoms with Crippen LogP contribution in [0.2, 0.25) is 0 Å². The van der Waals surface area contributed by atoms with Crippen molar-refractivity contribution < 1.29 is 9.96 Å². The fourth-order valence-electron chi connectivity index (χ4n) is 5.54. The zero-order valence-electron chi connectivity index (χ0n) is 24.7. The normalized spacial score (nSPS) is 11.6. The zero-order chi connectivity index (χ0) is 24.3. The third-order valence-corrected chi connectivity index (χ3v) is 8.31. The van der Waals surface area contributed by atoms with Gasteiger partial charge in [0.05, 0.1) is 26.2 Å². The second kappa shape index (κ2) is 29.2. The van der Waals surface area contributed by atoms with E-state index in [2.05, 4.69) is 27.7 Å². The van der Waals surface area contributed by atoms with Gasteiger partial charge in [0.25, 0.3) is 0 Å². The Morgan fingerprint density at radius 3 is 0.706 bits per heavy atom. The number of unbranched alkanes of at least 4 members (excludes halogenated alkanes) is 22. The molecule has 0 heterocycles. The first-order chi connectivity index (χ1) is 16.2. The highest BCUT2D eigenvalue weighted by atomic mass is 16.0. The van der Waals surface area contributed by atoms with Crippen LogP contribution in [0.1, 0.15) is 182 Å². The third-order valence-electron chi connectivity index (χ3n) is 8.31. The lowest BCUT2D eigenvalue weighted by Crippen LogP contribution is -2.49. The molecule has 0 aromatic carbocycles. The summed E-state index contributed by atoms with van der Waals surface area (Å²) in [5, 5.41) is 0. The molecule has 0 bridgehead atoms. The summed E-state index contributed by atoms with van der Waals surface area (Å²) >= 11 is 0. The minimum absolute atomic E-state index is 0. The fraction of sp³-hybridized carbons (Fsp3) is 1.00. The lowest BCUT2D eigenvalue weighted by Gasteiger charge is -2.37. The van der Waals surface area contributed by atoms with Crippen molar-refractivity contribution in [3.8, 4) is 0 Å². The summed E-state index contributed by atoms with van der Waals surface area (Å²) in [4.78, 5) is 0. The van der Waals surface area contributed by atoms with Crippen LogP contribution in [0.4, 0.5) is 0 Å². The molecule has 0 atom stereocenters. The molecular formula is C32H69NO. The van der Waals surface area contributed by atoms with E-state index in [4.69, 9.17) is 0 Å². The highest BCUT2D eigenvalue weighted by molar-refractivity contribution is 4.52. The van der Waals surface area contributed by atoms with Crippen LogP contribution >= 0.6 is 0 Å². The van der Waals surface area contributed by atoms with Crippen molar-refractivity contribution >= 4 is 0 Å². The molecule has 0 saturated carbocycles. The van der Waals surface area contributed by atoms with Gasteiger partial charge in [-0.1, -0.05) is 142 Å². The third kappa shape index (κ3) is 23.7. The topological polar surface area (TPSA) is 30.0 Å². The van der Waals surface area contributed by atoms with Gasteiger partial charge < -0.3 is 9.96 Å². The van der Waals surface area contributed by atoms with Crippen molar-refractivity contribution in [2.45, 2.75) is 182 Å². The Bertz CT molecular complexity index is 323. The first kappa shape index (κ1) is 36.1. The van der Waals surface area contributed by atoms with Gasteiger partial charge in [0, 0.05) is 0 Å². The van der Waals surface area contributed by atoms with E-state index in [0.717, 1.165) is 0 Å². The summed E-state index contributed by atoms with van der Waals surface area (Å²) in [5.41, 5.74) is 0. The second-order valence-electron chi connectivity index (χ2n) is 11.2. The van der Waals surface area contributed by atoms with Gasteiger partial charge in [0.2, 0.25) is 0 Å². The van der Waals surface area contributed by atoms with Crippen LogP contribution in [0, 0.1) is 0 Å². The summed E-state index contributed by atoms with van der Waals surface area (Å²) in [6, 6.07) is 0.